The summed E-state index contributed by atoms with van der Waals surface area (Å²) in [6.45, 7) is 6.36. The Kier molecular flexibility index (Phi) is 4.11. The molecule has 25 heavy (non-hydrogen) atoms. The van der Waals surface area contributed by atoms with Crippen molar-refractivity contribution in [3.05, 3.63) is 41.3 Å². The van der Waals surface area contributed by atoms with Gasteiger partial charge in [-0.2, -0.15) is 0 Å². The Labute approximate surface area is 147 Å². The number of amides is 2. The molecule has 2 aliphatic heterocycles. The molecule has 2 aromatic rings. The first-order chi connectivity index (χ1) is 12.2. The van der Waals surface area contributed by atoms with Gasteiger partial charge in [0.15, 0.2) is 5.76 Å². The Morgan fingerprint density at radius 1 is 1.36 bits per heavy atom. The lowest BCUT2D eigenvalue weighted by Crippen LogP contribution is -2.43. The number of nitrogens with zero attached hydrogens (tertiary/aromatic N) is 3. The van der Waals surface area contributed by atoms with Crippen LogP contribution in [0, 0.1) is 6.92 Å². The van der Waals surface area contributed by atoms with Gasteiger partial charge in [0.2, 0.25) is 0 Å². The summed E-state index contributed by atoms with van der Waals surface area (Å²) in [4.78, 5) is 17.2. The summed E-state index contributed by atoms with van der Waals surface area (Å²) >= 11 is 0. The first kappa shape index (κ1) is 16.0. The summed E-state index contributed by atoms with van der Waals surface area (Å²) in [5.74, 6) is 0.732. The second kappa shape index (κ2) is 6.43. The minimum Gasteiger partial charge on any atom is -0.366 e. The van der Waals surface area contributed by atoms with Gasteiger partial charge in [-0.1, -0.05) is 30.3 Å². The standard InChI is InChI=1S/C19H24N4O2/c1-3-17-18(13(2)21-25-17)20-19(24)22-9-6-10-23-15(12-22)11-14-7-4-5-8-16(14)23/h4-5,7-8,15H,3,6,9-12H2,1-2H3,(H,20,24). The second-order valence-electron chi connectivity index (χ2n) is 6.83. The molecule has 0 aliphatic carbocycles. The van der Waals surface area contributed by atoms with E-state index in [1.54, 1.807) is 0 Å². The molecule has 1 aromatic heterocycles. The van der Waals surface area contributed by atoms with E-state index in [1.807, 2.05) is 18.7 Å². The van der Waals surface area contributed by atoms with Gasteiger partial charge in [0.1, 0.15) is 11.4 Å². The average Bonchev–Trinajstić information content (AvgIpc) is 3.06. The zero-order chi connectivity index (χ0) is 17.4. The van der Waals surface area contributed by atoms with Crippen molar-refractivity contribution in [2.24, 2.45) is 0 Å². The average molecular weight is 340 g/mol. The van der Waals surface area contributed by atoms with Gasteiger partial charge in [0, 0.05) is 31.7 Å². The van der Waals surface area contributed by atoms with Gasteiger partial charge in [-0.15, -0.1) is 0 Å². The van der Waals surface area contributed by atoms with Crippen LogP contribution in [0.4, 0.5) is 16.2 Å². The van der Waals surface area contributed by atoms with Crippen molar-refractivity contribution < 1.29 is 9.32 Å². The zero-order valence-corrected chi connectivity index (χ0v) is 14.8. The van der Waals surface area contributed by atoms with E-state index in [2.05, 4.69) is 39.6 Å². The summed E-state index contributed by atoms with van der Waals surface area (Å²) in [5.41, 5.74) is 4.18. The molecule has 132 valence electrons. The molecular weight excluding hydrogens is 316 g/mol. The Morgan fingerprint density at radius 2 is 2.20 bits per heavy atom. The van der Waals surface area contributed by atoms with Gasteiger partial charge < -0.3 is 19.6 Å². The van der Waals surface area contributed by atoms with E-state index >= 15 is 0 Å². The Balaban J connectivity index is 1.49. The van der Waals surface area contributed by atoms with Crippen molar-refractivity contribution in [1.29, 1.82) is 0 Å². The number of hydrogen-bond acceptors (Lipinski definition) is 4. The molecule has 2 amide bonds. The van der Waals surface area contributed by atoms with Crippen molar-refractivity contribution in [1.82, 2.24) is 10.1 Å². The maximum atomic E-state index is 12.8. The number of anilines is 2. The van der Waals surface area contributed by atoms with Gasteiger partial charge in [0.25, 0.3) is 0 Å². The summed E-state index contributed by atoms with van der Waals surface area (Å²) in [6, 6.07) is 8.88. The topological polar surface area (TPSA) is 61.6 Å². The Bertz CT molecular complexity index is 785. The van der Waals surface area contributed by atoms with Crippen LogP contribution >= 0.6 is 0 Å². The number of urea groups is 1. The Hall–Kier alpha value is -2.50. The van der Waals surface area contributed by atoms with Crippen molar-refractivity contribution in [3.8, 4) is 0 Å². The van der Waals surface area contributed by atoms with Crippen molar-refractivity contribution >= 4 is 17.4 Å². The zero-order valence-electron chi connectivity index (χ0n) is 14.8. The fraction of sp³-hybridized carbons (Fsp3) is 0.474. The van der Waals surface area contributed by atoms with Crippen LogP contribution in [-0.2, 0) is 12.8 Å². The number of para-hydroxylation sites is 1. The van der Waals surface area contributed by atoms with Crippen LogP contribution in [0.3, 0.4) is 0 Å². The molecule has 1 unspecified atom stereocenters. The molecule has 3 heterocycles. The van der Waals surface area contributed by atoms with Crippen LogP contribution in [0.25, 0.3) is 0 Å². The summed E-state index contributed by atoms with van der Waals surface area (Å²) < 4.78 is 5.28. The van der Waals surface area contributed by atoms with Gasteiger partial charge in [0.05, 0.1) is 6.04 Å². The third-order valence-electron chi connectivity index (χ3n) is 5.23. The van der Waals surface area contributed by atoms with Gasteiger partial charge in [-0.05, 0) is 31.4 Å². The number of fused-ring (bicyclic) bond motifs is 3. The van der Waals surface area contributed by atoms with Gasteiger partial charge in [-0.3, -0.25) is 0 Å². The fourth-order valence-electron chi connectivity index (χ4n) is 3.96. The molecule has 1 fully saturated rings. The minimum atomic E-state index is -0.0567. The number of rotatable bonds is 2. The summed E-state index contributed by atoms with van der Waals surface area (Å²) in [7, 11) is 0. The maximum absolute atomic E-state index is 12.8. The van der Waals surface area contributed by atoms with E-state index in [4.69, 9.17) is 4.52 Å². The van der Waals surface area contributed by atoms with E-state index in [0.29, 0.717) is 12.5 Å². The molecule has 2 aliphatic rings. The van der Waals surface area contributed by atoms with E-state index in [0.717, 1.165) is 49.6 Å². The number of nitrogens with one attached hydrogen (secondary N) is 1. The first-order valence-corrected chi connectivity index (χ1v) is 9.03. The van der Waals surface area contributed by atoms with Crippen LogP contribution in [0.2, 0.25) is 0 Å². The van der Waals surface area contributed by atoms with Crippen molar-refractivity contribution in [2.75, 3.05) is 29.9 Å². The predicted octanol–water partition coefficient (Wildman–Crippen LogP) is 3.21. The first-order valence-electron chi connectivity index (χ1n) is 9.03. The normalized spacial score (nSPS) is 19.4. The van der Waals surface area contributed by atoms with E-state index in [9.17, 15) is 4.79 Å². The van der Waals surface area contributed by atoms with Crippen molar-refractivity contribution in [2.45, 2.75) is 39.2 Å². The fourth-order valence-corrected chi connectivity index (χ4v) is 3.96. The highest BCUT2D eigenvalue weighted by Gasteiger charge is 2.33. The van der Waals surface area contributed by atoms with Crippen LogP contribution in [0.15, 0.2) is 28.8 Å². The molecule has 1 saturated heterocycles. The molecule has 1 aromatic carbocycles. The second-order valence-corrected chi connectivity index (χ2v) is 6.83. The lowest BCUT2D eigenvalue weighted by molar-refractivity contribution is 0.211. The summed E-state index contributed by atoms with van der Waals surface area (Å²) in [6.07, 6.45) is 2.69. The van der Waals surface area contributed by atoms with Crippen LogP contribution in [0.5, 0.6) is 0 Å². The van der Waals surface area contributed by atoms with Crippen LogP contribution in [0.1, 0.15) is 30.4 Å². The van der Waals surface area contributed by atoms with E-state index in [-0.39, 0.29) is 6.03 Å². The molecule has 4 rings (SSSR count). The number of aromatic nitrogens is 1. The largest absolute Gasteiger partial charge is 0.366 e. The van der Waals surface area contributed by atoms with E-state index in [1.165, 1.54) is 11.3 Å². The number of aryl methyl sites for hydroxylation is 2. The molecule has 0 spiro atoms. The molecule has 1 N–H and O–H groups in total. The third kappa shape index (κ3) is 2.86. The minimum absolute atomic E-state index is 0.0567. The molecular formula is C19H24N4O2. The van der Waals surface area contributed by atoms with Crippen molar-refractivity contribution in [3.63, 3.8) is 0 Å². The highest BCUT2D eigenvalue weighted by atomic mass is 16.5. The quantitative estimate of drug-likeness (QED) is 0.912. The van der Waals surface area contributed by atoms with Crippen LogP contribution < -0.4 is 10.2 Å². The number of carbonyl (C=O) groups excluding carboxylic acids is 1. The van der Waals surface area contributed by atoms with Crippen LogP contribution in [-0.4, -0.2) is 41.8 Å². The monoisotopic (exact) mass is 340 g/mol. The lowest BCUT2D eigenvalue weighted by Gasteiger charge is -2.27. The third-order valence-corrected chi connectivity index (χ3v) is 5.23. The molecule has 0 radical (unpaired) electrons. The molecule has 6 nitrogen and oxygen atoms in total. The van der Waals surface area contributed by atoms with Gasteiger partial charge in [-0.25, -0.2) is 4.79 Å². The van der Waals surface area contributed by atoms with Gasteiger partial charge >= 0.3 is 6.03 Å². The highest BCUT2D eigenvalue weighted by molar-refractivity contribution is 5.90. The highest BCUT2D eigenvalue weighted by Crippen LogP contribution is 2.33. The van der Waals surface area contributed by atoms with E-state index < -0.39 is 0 Å². The Morgan fingerprint density at radius 3 is 3.04 bits per heavy atom. The molecule has 0 saturated carbocycles. The maximum Gasteiger partial charge on any atom is 0.322 e. The summed E-state index contributed by atoms with van der Waals surface area (Å²) in [5, 5.41) is 6.99. The smallest absolute Gasteiger partial charge is 0.322 e. The number of carbonyl (C=O) groups is 1. The molecule has 0 bridgehead atoms. The SMILES string of the molecule is CCc1onc(C)c1NC(=O)N1CCCN2c3ccccc3CC2C1. The number of hydrogen-bond donors (Lipinski definition) is 1. The number of benzene rings is 1. The lowest BCUT2D eigenvalue weighted by atomic mass is 10.1. The predicted molar refractivity (Wildman–Crippen MR) is 97.1 cm³/mol. The molecule has 6 heteroatoms. The molecule has 1 atom stereocenters.